The topological polar surface area (TPSA) is 86.8 Å². The van der Waals surface area contributed by atoms with Crippen molar-refractivity contribution in [2.24, 2.45) is 0 Å². The third kappa shape index (κ3) is 6.82. The summed E-state index contributed by atoms with van der Waals surface area (Å²) >= 11 is 0. The average molecular weight is 486 g/mol. The van der Waals surface area contributed by atoms with Crippen LogP contribution >= 0.6 is 0 Å². The zero-order valence-corrected chi connectivity index (χ0v) is 21.1. The van der Waals surface area contributed by atoms with Crippen LogP contribution in [-0.4, -0.2) is 50.0 Å². The van der Waals surface area contributed by atoms with Crippen LogP contribution in [0.15, 0.2) is 54.6 Å². The SMILES string of the molecule is CCC(C(=O)NC1CCCC1)N(Cc1ccc(C)cc1)C(=O)CN(c1ccccc1)S(C)(=O)=O. The van der Waals surface area contributed by atoms with E-state index in [0.717, 1.165) is 47.4 Å². The Kier molecular flexibility index (Phi) is 8.72. The van der Waals surface area contributed by atoms with Crippen LogP contribution < -0.4 is 9.62 Å². The fourth-order valence-corrected chi connectivity index (χ4v) is 5.23. The lowest BCUT2D eigenvalue weighted by Crippen LogP contribution is -2.53. The Morgan fingerprint density at radius 1 is 1.03 bits per heavy atom. The van der Waals surface area contributed by atoms with E-state index < -0.39 is 22.0 Å². The summed E-state index contributed by atoms with van der Waals surface area (Å²) in [5.41, 5.74) is 2.40. The smallest absolute Gasteiger partial charge is 0.244 e. The number of carbonyl (C=O) groups is 2. The summed E-state index contributed by atoms with van der Waals surface area (Å²) in [5.74, 6) is -0.594. The number of para-hydroxylation sites is 1. The monoisotopic (exact) mass is 485 g/mol. The van der Waals surface area contributed by atoms with Gasteiger partial charge in [-0.1, -0.05) is 67.8 Å². The van der Waals surface area contributed by atoms with Gasteiger partial charge in [0.1, 0.15) is 12.6 Å². The number of anilines is 1. The number of benzene rings is 2. The van der Waals surface area contributed by atoms with E-state index in [9.17, 15) is 18.0 Å². The number of hydrogen-bond donors (Lipinski definition) is 1. The lowest BCUT2D eigenvalue weighted by Gasteiger charge is -2.33. The largest absolute Gasteiger partial charge is 0.352 e. The molecule has 1 aliphatic rings. The molecule has 1 fully saturated rings. The highest BCUT2D eigenvalue weighted by Gasteiger charge is 2.32. The van der Waals surface area contributed by atoms with E-state index in [1.807, 2.05) is 38.1 Å². The molecule has 8 heteroatoms. The Labute approximate surface area is 203 Å². The van der Waals surface area contributed by atoms with E-state index >= 15 is 0 Å². The van der Waals surface area contributed by atoms with Crippen molar-refractivity contribution in [1.29, 1.82) is 0 Å². The molecule has 2 aromatic carbocycles. The van der Waals surface area contributed by atoms with Crippen molar-refractivity contribution in [2.45, 2.75) is 64.6 Å². The second-order valence-corrected chi connectivity index (χ2v) is 10.9. The Balaban J connectivity index is 1.89. The van der Waals surface area contributed by atoms with Crippen molar-refractivity contribution < 1.29 is 18.0 Å². The second-order valence-electron chi connectivity index (χ2n) is 9.03. The van der Waals surface area contributed by atoms with Gasteiger partial charge in [0, 0.05) is 12.6 Å². The molecule has 2 aromatic rings. The molecule has 1 saturated carbocycles. The Hall–Kier alpha value is -2.87. The van der Waals surface area contributed by atoms with E-state index in [-0.39, 0.29) is 25.0 Å². The second kappa shape index (κ2) is 11.5. The summed E-state index contributed by atoms with van der Waals surface area (Å²) in [4.78, 5) is 28.4. The third-order valence-electron chi connectivity index (χ3n) is 6.28. The molecule has 1 N–H and O–H groups in total. The summed E-state index contributed by atoms with van der Waals surface area (Å²) in [6.07, 6.45) is 5.60. The molecule has 0 aromatic heterocycles. The number of carbonyl (C=O) groups excluding carboxylic acids is 2. The van der Waals surface area contributed by atoms with Crippen LogP contribution in [0, 0.1) is 6.92 Å². The van der Waals surface area contributed by atoms with Crippen LogP contribution in [0.25, 0.3) is 0 Å². The lowest BCUT2D eigenvalue weighted by molar-refractivity contribution is -0.140. The maximum absolute atomic E-state index is 13.6. The molecule has 0 aliphatic heterocycles. The highest BCUT2D eigenvalue weighted by Crippen LogP contribution is 2.21. The number of hydrogen-bond acceptors (Lipinski definition) is 4. The molecule has 0 radical (unpaired) electrons. The molecule has 0 heterocycles. The van der Waals surface area contributed by atoms with E-state index in [0.29, 0.717) is 12.1 Å². The van der Waals surface area contributed by atoms with E-state index in [1.54, 1.807) is 30.3 Å². The van der Waals surface area contributed by atoms with Crippen LogP contribution in [-0.2, 0) is 26.2 Å². The zero-order chi connectivity index (χ0) is 24.7. The quantitative estimate of drug-likeness (QED) is 0.557. The maximum atomic E-state index is 13.6. The minimum Gasteiger partial charge on any atom is -0.352 e. The van der Waals surface area contributed by atoms with Gasteiger partial charge in [-0.15, -0.1) is 0 Å². The van der Waals surface area contributed by atoms with Crippen LogP contribution in [0.2, 0.25) is 0 Å². The van der Waals surface area contributed by atoms with Crippen molar-refractivity contribution in [3.05, 3.63) is 65.7 Å². The molecule has 7 nitrogen and oxygen atoms in total. The Morgan fingerprint density at radius 3 is 2.21 bits per heavy atom. The molecule has 2 amide bonds. The Bertz CT molecular complexity index is 1060. The van der Waals surface area contributed by atoms with E-state index in [4.69, 9.17) is 0 Å². The summed E-state index contributed by atoms with van der Waals surface area (Å²) in [5, 5.41) is 3.11. The van der Waals surface area contributed by atoms with Crippen LogP contribution in [0.4, 0.5) is 5.69 Å². The summed E-state index contributed by atoms with van der Waals surface area (Å²) in [7, 11) is -3.71. The molecule has 3 rings (SSSR count). The molecular weight excluding hydrogens is 450 g/mol. The van der Waals surface area contributed by atoms with Gasteiger partial charge in [0.05, 0.1) is 11.9 Å². The van der Waals surface area contributed by atoms with Crippen LogP contribution in [0.1, 0.15) is 50.2 Å². The molecule has 0 spiro atoms. The van der Waals surface area contributed by atoms with Gasteiger partial charge in [-0.25, -0.2) is 8.42 Å². The molecule has 0 bridgehead atoms. The minimum absolute atomic E-state index is 0.134. The molecule has 1 unspecified atom stereocenters. The van der Waals surface area contributed by atoms with Crippen LogP contribution in [0.5, 0.6) is 0 Å². The molecular formula is C26H35N3O4S. The van der Waals surface area contributed by atoms with Crippen molar-refractivity contribution in [3.8, 4) is 0 Å². The van der Waals surface area contributed by atoms with Gasteiger partial charge < -0.3 is 10.2 Å². The molecule has 0 saturated heterocycles. The predicted octanol–water partition coefficient (Wildman–Crippen LogP) is 3.63. The van der Waals surface area contributed by atoms with Gasteiger partial charge in [-0.05, 0) is 43.9 Å². The Morgan fingerprint density at radius 2 is 1.65 bits per heavy atom. The van der Waals surface area contributed by atoms with Gasteiger partial charge in [-0.3, -0.25) is 13.9 Å². The lowest BCUT2D eigenvalue weighted by atomic mass is 10.1. The van der Waals surface area contributed by atoms with Crippen LogP contribution in [0.3, 0.4) is 0 Å². The maximum Gasteiger partial charge on any atom is 0.244 e. The molecule has 1 aliphatic carbocycles. The highest BCUT2D eigenvalue weighted by atomic mass is 32.2. The first kappa shape index (κ1) is 25.7. The van der Waals surface area contributed by atoms with Crippen molar-refractivity contribution in [2.75, 3.05) is 17.1 Å². The first-order valence-electron chi connectivity index (χ1n) is 11.9. The van der Waals surface area contributed by atoms with Gasteiger partial charge in [-0.2, -0.15) is 0 Å². The molecule has 34 heavy (non-hydrogen) atoms. The number of sulfonamides is 1. The van der Waals surface area contributed by atoms with Gasteiger partial charge >= 0.3 is 0 Å². The summed E-state index contributed by atoms with van der Waals surface area (Å²) in [6.45, 7) is 3.71. The van der Waals surface area contributed by atoms with Gasteiger partial charge in [0.2, 0.25) is 21.8 Å². The highest BCUT2D eigenvalue weighted by molar-refractivity contribution is 7.92. The average Bonchev–Trinajstić information content (AvgIpc) is 3.31. The first-order valence-corrected chi connectivity index (χ1v) is 13.7. The standard InChI is InChI=1S/C26H35N3O4S/c1-4-24(26(31)27-22-10-8-9-11-22)28(18-21-16-14-20(2)15-17-21)25(30)19-29(34(3,32)33)23-12-6-5-7-13-23/h5-7,12-17,22,24H,4,8-11,18-19H2,1-3H3,(H,27,31). The van der Waals surface area contributed by atoms with E-state index in [1.165, 1.54) is 4.90 Å². The summed E-state index contributed by atoms with van der Waals surface area (Å²) < 4.78 is 26.2. The number of nitrogens with zero attached hydrogens (tertiary/aromatic N) is 2. The number of aryl methyl sites for hydroxylation is 1. The third-order valence-corrected chi connectivity index (χ3v) is 7.42. The predicted molar refractivity (Wildman–Crippen MR) is 135 cm³/mol. The molecule has 184 valence electrons. The number of nitrogens with one attached hydrogen (secondary N) is 1. The normalized spacial score (nSPS) is 15.0. The minimum atomic E-state index is -3.71. The number of rotatable bonds is 10. The number of amides is 2. The fourth-order valence-electron chi connectivity index (χ4n) is 4.39. The zero-order valence-electron chi connectivity index (χ0n) is 20.2. The van der Waals surface area contributed by atoms with E-state index in [2.05, 4.69) is 5.32 Å². The first-order chi connectivity index (χ1) is 16.2. The van der Waals surface area contributed by atoms with Gasteiger partial charge in [0.25, 0.3) is 0 Å². The summed E-state index contributed by atoms with van der Waals surface area (Å²) in [6, 6.07) is 15.8. The fraction of sp³-hybridized carbons (Fsp3) is 0.462. The van der Waals surface area contributed by atoms with Crippen molar-refractivity contribution in [1.82, 2.24) is 10.2 Å². The molecule has 1 atom stereocenters. The van der Waals surface area contributed by atoms with Gasteiger partial charge in [0.15, 0.2) is 0 Å². The van der Waals surface area contributed by atoms with Crippen molar-refractivity contribution >= 4 is 27.5 Å². The van der Waals surface area contributed by atoms with Crippen molar-refractivity contribution in [3.63, 3.8) is 0 Å².